The zero-order valence-electron chi connectivity index (χ0n) is 8.45. The summed E-state index contributed by atoms with van der Waals surface area (Å²) in [6.07, 6.45) is 1.52. The van der Waals surface area contributed by atoms with E-state index >= 15 is 0 Å². The Bertz CT molecular complexity index is 343. The van der Waals surface area contributed by atoms with E-state index in [2.05, 4.69) is 12.3 Å². The van der Waals surface area contributed by atoms with Gasteiger partial charge in [0.25, 0.3) is 0 Å². The second-order valence-corrected chi connectivity index (χ2v) is 3.22. The molecular weight excluding hydrogens is 176 g/mol. The summed E-state index contributed by atoms with van der Waals surface area (Å²) in [6.45, 7) is 5.13. The number of rotatable bonds is 3. The molecule has 2 heteroatoms. The number of ether oxygens (including phenoxy) is 1. The first-order valence-electron chi connectivity index (χ1n) is 4.34. The first-order valence-corrected chi connectivity index (χ1v) is 4.34. The van der Waals surface area contributed by atoms with Gasteiger partial charge in [-0.25, -0.2) is 0 Å². The lowest BCUT2D eigenvalue weighted by atomic mass is 9.96. The van der Waals surface area contributed by atoms with Crippen LogP contribution in [0.1, 0.15) is 12.5 Å². The van der Waals surface area contributed by atoms with E-state index in [1.165, 1.54) is 6.08 Å². The number of aliphatic hydroxyl groups is 1. The van der Waals surface area contributed by atoms with Crippen molar-refractivity contribution in [2.75, 3.05) is 7.11 Å². The van der Waals surface area contributed by atoms with Crippen LogP contribution in [0.15, 0.2) is 42.7 Å². The quantitative estimate of drug-likeness (QED) is 0.741. The summed E-state index contributed by atoms with van der Waals surface area (Å²) in [5, 5.41) is 9.95. The van der Waals surface area contributed by atoms with Gasteiger partial charge < -0.3 is 9.84 Å². The lowest BCUT2D eigenvalue weighted by Gasteiger charge is -2.18. The maximum atomic E-state index is 9.95. The van der Waals surface area contributed by atoms with Crippen LogP contribution < -0.4 is 4.74 Å². The van der Waals surface area contributed by atoms with Gasteiger partial charge in [0.05, 0.1) is 7.11 Å². The lowest BCUT2D eigenvalue weighted by molar-refractivity contribution is 0.111. The smallest absolute Gasteiger partial charge is 0.118 e. The van der Waals surface area contributed by atoms with Gasteiger partial charge in [0.15, 0.2) is 0 Å². The van der Waals surface area contributed by atoms with Crippen LogP contribution in [-0.4, -0.2) is 12.2 Å². The SMILES string of the molecule is C=C=CC(C)(O)c1ccc(OC)cc1. The van der Waals surface area contributed by atoms with E-state index in [1.54, 1.807) is 26.2 Å². The summed E-state index contributed by atoms with van der Waals surface area (Å²) in [7, 11) is 1.61. The van der Waals surface area contributed by atoms with Gasteiger partial charge in [-0.05, 0) is 30.7 Å². The fourth-order valence-electron chi connectivity index (χ4n) is 1.21. The molecule has 0 bridgehead atoms. The van der Waals surface area contributed by atoms with Crippen molar-refractivity contribution in [1.29, 1.82) is 0 Å². The third-order valence-electron chi connectivity index (χ3n) is 2.06. The number of methoxy groups -OCH3 is 1. The number of hydrogen-bond acceptors (Lipinski definition) is 2. The molecular formula is C12H14O2. The first-order chi connectivity index (χ1) is 6.60. The van der Waals surface area contributed by atoms with E-state index in [1.807, 2.05) is 12.1 Å². The zero-order valence-corrected chi connectivity index (χ0v) is 8.45. The van der Waals surface area contributed by atoms with Gasteiger partial charge in [-0.15, -0.1) is 5.73 Å². The molecule has 1 aromatic carbocycles. The van der Waals surface area contributed by atoms with Crippen LogP contribution in [0.3, 0.4) is 0 Å². The fraction of sp³-hybridized carbons (Fsp3) is 0.250. The molecule has 0 aliphatic heterocycles. The second-order valence-electron chi connectivity index (χ2n) is 3.22. The highest BCUT2D eigenvalue weighted by atomic mass is 16.5. The van der Waals surface area contributed by atoms with Crippen molar-refractivity contribution in [3.05, 3.63) is 48.2 Å². The van der Waals surface area contributed by atoms with Crippen molar-refractivity contribution >= 4 is 0 Å². The monoisotopic (exact) mass is 190 g/mol. The Morgan fingerprint density at radius 2 is 2.00 bits per heavy atom. The van der Waals surface area contributed by atoms with Crippen LogP contribution >= 0.6 is 0 Å². The molecule has 0 amide bonds. The van der Waals surface area contributed by atoms with Gasteiger partial charge in [0, 0.05) is 0 Å². The third-order valence-corrected chi connectivity index (χ3v) is 2.06. The van der Waals surface area contributed by atoms with Crippen LogP contribution in [0.2, 0.25) is 0 Å². The summed E-state index contributed by atoms with van der Waals surface area (Å²) in [5.41, 5.74) is 2.35. The first kappa shape index (κ1) is 10.6. The lowest BCUT2D eigenvalue weighted by Crippen LogP contribution is -2.16. The number of benzene rings is 1. The average Bonchev–Trinajstić information content (AvgIpc) is 2.18. The van der Waals surface area contributed by atoms with Crippen molar-refractivity contribution in [3.63, 3.8) is 0 Å². The predicted octanol–water partition coefficient (Wildman–Crippen LogP) is 2.24. The van der Waals surface area contributed by atoms with E-state index in [9.17, 15) is 5.11 Å². The predicted molar refractivity (Wildman–Crippen MR) is 56.3 cm³/mol. The highest BCUT2D eigenvalue weighted by Crippen LogP contribution is 2.23. The zero-order chi connectivity index (χ0) is 10.6. The van der Waals surface area contributed by atoms with Crippen molar-refractivity contribution in [2.45, 2.75) is 12.5 Å². The molecule has 0 aromatic heterocycles. The van der Waals surface area contributed by atoms with Crippen molar-refractivity contribution in [2.24, 2.45) is 0 Å². The maximum absolute atomic E-state index is 9.95. The van der Waals surface area contributed by atoms with Crippen LogP contribution in [0, 0.1) is 0 Å². The molecule has 1 atom stereocenters. The molecule has 0 saturated carbocycles. The molecule has 0 radical (unpaired) electrons. The molecule has 1 aromatic rings. The molecule has 0 aliphatic carbocycles. The molecule has 1 N–H and O–H groups in total. The van der Waals surface area contributed by atoms with Gasteiger partial charge >= 0.3 is 0 Å². The summed E-state index contributed by atoms with van der Waals surface area (Å²) < 4.78 is 5.02. The van der Waals surface area contributed by atoms with E-state index in [4.69, 9.17) is 4.74 Å². The Morgan fingerprint density at radius 3 is 2.43 bits per heavy atom. The minimum absolute atomic E-state index is 0.770. The molecule has 0 aliphatic rings. The molecule has 1 rings (SSSR count). The average molecular weight is 190 g/mol. The Labute approximate surface area is 84.1 Å². The van der Waals surface area contributed by atoms with E-state index in [0.29, 0.717) is 0 Å². The summed E-state index contributed by atoms with van der Waals surface area (Å²) in [6, 6.07) is 7.24. The van der Waals surface area contributed by atoms with Crippen molar-refractivity contribution in [1.82, 2.24) is 0 Å². The van der Waals surface area contributed by atoms with Crippen molar-refractivity contribution in [3.8, 4) is 5.75 Å². The summed E-state index contributed by atoms with van der Waals surface area (Å²) in [4.78, 5) is 0. The summed E-state index contributed by atoms with van der Waals surface area (Å²) >= 11 is 0. The third kappa shape index (κ3) is 2.25. The van der Waals surface area contributed by atoms with Crippen LogP contribution in [0.5, 0.6) is 5.75 Å². The Morgan fingerprint density at radius 1 is 1.43 bits per heavy atom. The largest absolute Gasteiger partial charge is 0.497 e. The van der Waals surface area contributed by atoms with Gasteiger partial charge in [0.2, 0.25) is 0 Å². The van der Waals surface area contributed by atoms with E-state index < -0.39 is 5.60 Å². The molecule has 0 heterocycles. The minimum Gasteiger partial charge on any atom is -0.497 e. The van der Waals surface area contributed by atoms with Gasteiger partial charge in [0.1, 0.15) is 11.4 Å². The topological polar surface area (TPSA) is 29.5 Å². The molecule has 0 saturated heterocycles. The van der Waals surface area contributed by atoms with Gasteiger partial charge in [-0.2, -0.15) is 0 Å². The number of hydrogen-bond donors (Lipinski definition) is 1. The Kier molecular flexibility index (Phi) is 3.13. The Balaban J connectivity index is 3.02. The Hall–Kier alpha value is -1.50. The highest BCUT2D eigenvalue weighted by molar-refractivity contribution is 5.32. The van der Waals surface area contributed by atoms with Gasteiger partial charge in [-0.1, -0.05) is 18.7 Å². The minimum atomic E-state index is -1.02. The van der Waals surface area contributed by atoms with Crippen LogP contribution in [0.25, 0.3) is 0 Å². The van der Waals surface area contributed by atoms with E-state index in [0.717, 1.165) is 11.3 Å². The van der Waals surface area contributed by atoms with Crippen LogP contribution in [-0.2, 0) is 5.60 Å². The highest BCUT2D eigenvalue weighted by Gasteiger charge is 2.18. The summed E-state index contributed by atoms with van der Waals surface area (Å²) in [5.74, 6) is 0.770. The van der Waals surface area contributed by atoms with E-state index in [-0.39, 0.29) is 0 Å². The molecule has 2 nitrogen and oxygen atoms in total. The fourth-order valence-corrected chi connectivity index (χ4v) is 1.21. The standard InChI is InChI=1S/C12H14O2/c1-4-9-12(2,13)10-5-7-11(14-3)8-6-10/h5-9,13H,1H2,2-3H3. The van der Waals surface area contributed by atoms with Crippen molar-refractivity contribution < 1.29 is 9.84 Å². The van der Waals surface area contributed by atoms with Crippen LogP contribution in [0.4, 0.5) is 0 Å². The molecule has 74 valence electrons. The second kappa shape index (κ2) is 4.14. The molecule has 0 fully saturated rings. The maximum Gasteiger partial charge on any atom is 0.118 e. The molecule has 1 unspecified atom stereocenters. The normalized spacial score (nSPS) is 13.9. The molecule has 14 heavy (non-hydrogen) atoms. The molecule has 0 spiro atoms. The van der Waals surface area contributed by atoms with Gasteiger partial charge in [-0.3, -0.25) is 0 Å².